The lowest BCUT2D eigenvalue weighted by atomic mass is 10.0. The van der Waals surface area contributed by atoms with Crippen LogP contribution in [0.2, 0.25) is 0 Å². The number of nitrogens with zero attached hydrogens (tertiary/aromatic N) is 3. The SMILES string of the molecule is CC(OP(=O)(N1CC1)N1CC1)c1ccc([N+](=O)[O-])c(-c2cccs2)c1. The number of nitro benzene ring substituents is 1. The smallest absolute Gasteiger partial charge is 0.298 e. The van der Waals surface area contributed by atoms with Gasteiger partial charge in [0.2, 0.25) is 0 Å². The second-order valence-electron chi connectivity index (χ2n) is 6.16. The van der Waals surface area contributed by atoms with Crippen LogP contribution in [0, 0.1) is 10.1 Å². The van der Waals surface area contributed by atoms with Crippen molar-refractivity contribution >= 4 is 24.7 Å². The molecule has 3 heterocycles. The molecule has 4 rings (SSSR count). The molecule has 7 nitrogen and oxygen atoms in total. The fourth-order valence-electron chi connectivity index (χ4n) is 2.77. The molecule has 0 amide bonds. The topological polar surface area (TPSA) is 75.5 Å². The van der Waals surface area contributed by atoms with Gasteiger partial charge in [0.15, 0.2) is 0 Å². The molecule has 2 aromatic rings. The van der Waals surface area contributed by atoms with Crippen molar-refractivity contribution in [3.8, 4) is 10.4 Å². The molecule has 0 bridgehead atoms. The summed E-state index contributed by atoms with van der Waals surface area (Å²) in [5.74, 6) is 0. The summed E-state index contributed by atoms with van der Waals surface area (Å²) in [4.78, 5) is 11.8. The van der Waals surface area contributed by atoms with Crippen LogP contribution in [-0.4, -0.2) is 40.4 Å². The van der Waals surface area contributed by atoms with Gasteiger partial charge in [-0.05, 0) is 36.1 Å². The number of benzene rings is 1. The van der Waals surface area contributed by atoms with Crippen LogP contribution in [0.15, 0.2) is 35.7 Å². The van der Waals surface area contributed by atoms with Crippen molar-refractivity contribution in [1.82, 2.24) is 9.34 Å². The standard InChI is InChI=1S/C16H18N3O4PS/c1-12(23-24(22,17-6-7-17)18-8-9-18)13-4-5-15(19(20)21)14(11-13)16-3-2-10-25-16/h2-5,10-12H,6-9H2,1H3. The van der Waals surface area contributed by atoms with Crippen molar-refractivity contribution < 1.29 is 14.0 Å². The van der Waals surface area contributed by atoms with Crippen molar-refractivity contribution in [2.24, 2.45) is 0 Å². The molecule has 0 saturated carbocycles. The van der Waals surface area contributed by atoms with E-state index in [0.717, 1.165) is 36.6 Å². The fraction of sp³-hybridized carbons (Fsp3) is 0.375. The highest BCUT2D eigenvalue weighted by Gasteiger charge is 2.50. The Morgan fingerprint density at radius 1 is 1.24 bits per heavy atom. The molecule has 0 aliphatic carbocycles. The molecule has 1 aromatic carbocycles. The summed E-state index contributed by atoms with van der Waals surface area (Å²) >= 11 is 1.45. The van der Waals surface area contributed by atoms with Crippen molar-refractivity contribution in [3.63, 3.8) is 0 Å². The Hall–Kier alpha value is -1.57. The molecule has 25 heavy (non-hydrogen) atoms. The Balaban J connectivity index is 1.65. The van der Waals surface area contributed by atoms with E-state index in [0.29, 0.717) is 5.56 Å². The average molecular weight is 379 g/mol. The van der Waals surface area contributed by atoms with Crippen molar-refractivity contribution in [2.45, 2.75) is 13.0 Å². The first-order valence-corrected chi connectivity index (χ1v) is 10.5. The molecule has 2 fully saturated rings. The van der Waals surface area contributed by atoms with Gasteiger partial charge in [-0.3, -0.25) is 19.2 Å². The lowest BCUT2D eigenvalue weighted by Crippen LogP contribution is -2.10. The van der Waals surface area contributed by atoms with E-state index >= 15 is 0 Å². The molecule has 1 atom stereocenters. The van der Waals surface area contributed by atoms with E-state index in [-0.39, 0.29) is 10.6 Å². The van der Waals surface area contributed by atoms with Crippen LogP contribution in [0.3, 0.4) is 0 Å². The van der Waals surface area contributed by atoms with E-state index in [1.54, 1.807) is 12.1 Å². The van der Waals surface area contributed by atoms with Crippen LogP contribution < -0.4 is 0 Å². The molecule has 0 N–H and O–H groups in total. The first-order valence-electron chi connectivity index (χ1n) is 8.10. The van der Waals surface area contributed by atoms with E-state index < -0.39 is 13.8 Å². The zero-order chi connectivity index (χ0) is 17.6. The van der Waals surface area contributed by atoms with Crippen LogP contribution in [-0.2, 0) is 9.09 Å². The predicted molar refractivity (Wildman–Crippen MR) is 96.7 cm³/mol. The Morgan fingerprint density at radius 3 is 2.44 bits per heavy atom. The zero-order valence-electron chi connectivity index (χ0n) is 13.7. The summed E-state index contributed by atoms with van der Waals surface area (Å²) in [6.07, 6.45) is -0.411. The number of thiophene rings is 1. The van der Waals surface area contributed by atoms with Gasteiger partial charge in [0.1, 0.15) is 0 Å². The third-order valence-electron chi connectivity index (χ3n) is 4.33. The summed E-state index contributed by atoms with van der Waals surface area (Å²) < 4.78 is 22.8. The van der Waals surface area contributed by atoms with Gasteiger partial charge in [-0.15, -0.1) is 11.3 Å². The molecule has 132 valence electrons. The van der Waals surface area contributed by atoms with Gasteiger partial charge in [-0.2, -0.15) is 0 Å². The van der Waals surface area contributed by atoms with Gasteiger partial charge in [-0.1, -0.05) is 6.07 Å². The fourth-order valence-corrected chi connectivity index (χ4v) is 5.87. The van der Waals surface area contributed by atoms with E-state index in [1.807, 2.05) is 33.8 Å². The first kappa shape index (κ1) is 16.9. The van der Waals surface area contributed by atoms with Crippen molar-refractivity contribution in [2.75, 3.05) is 26.2 Å². The third kappa shape index (κ3) is 3.28. The van der Waals surface area contributed by atoms with Gasteiger partial charge in [0.05, 0.1) is 16.6 Å². The summed E-state index contributed by atoms with van der Waals surface area (Å²) in [5.41, 5.74) is 1.43. The molecular weight excluding hydrogens is 361 g/mol. The second-order valence-corrected chi connectivity index (χ2v) is 9.43. The highest BCUT2D eigenvalue weighted by atomic mass is 32.1. The Labute approximate surface area is 149 Å². The summed E-state index contributed by atoms with van der Waals surface area (Å²) in [6.45, 7) is 5.02. The number of hydrogen-bond acceptors (Lipinski definition) is 5. The molecule has 2 aliphatic rings. The summed E-state index contributed by atoms with van der Waals surface area (Å²) in [7, 11) is -2.93. The van der Waals surface area contributed by atoms with Gasteiger partial charge < -0.3 is 0 Å². The summed E-state index contributed by atoms with van der Waals surface area (Å²) in [5, 5.41) is 13.2. The quantitative estimate of drug-likeness (QED) is 0.311. The number of rotatable bonds is 7. The largest absolute Gasteiger partial charge is 0.346 e. The van der Waals surface area contributed by atoms with E-state index in [9.17, 15) is 14.7 Å². The number of hydrogen-bond donors (Lipinski definition) is 0. The maximum atomic E-state index is 13.1. The summed E-state index contributed by atoms with van der Waals surface area (Å²) in [6, 6.07) is 8.70. The minimum Gasteiger partial charge on any atom is -0.298 e. The van der Waals surface area contributed by atoms with Crippen LogP contribution in [0.4, 0.5) is 5.69 Å². The highest BCUT2D eigenvalue weighted by molar-refractivity contribution is 7.54. The maximum absolute atomic E-state index is 13.1. The van der Waals surface area contributed by atoms with Gasteiger partial charge in [-0.25, -0.2) is 9.34 Å². The predicted octanol–water partition coefficient (Wildman–Crippen LogP) is 4.14. The van der Waals surface area contributed by atoms with Gasteiger partial charge in [0.25, 0.3) is 5.69 Å². The Kier molecular flexibility index (Phi) is 4.25. The lowest BCUT2D eigenvalue weighted by Gasteiger charge is -2.24. The monoisotopic (exact) mass is 379 g/mol. The van der Waals surface area contributed by atoms with Crippen LogP contribution in [0.1, 0.15) is 18.6 Å². The molecule has 2 aliphatic heterocycles. The molecule has 0 spiro atoms. The minimum absolute atomic E-state index is 0.0680. The molecule has 9 heteroatoms. The third-order valence-corrected chi connectivity index (χ3v) is 8.05. The Morgan fingerprint density at radius 2 is 1.92 bits per heavy atom. The zero-order valence-corrected chi connectivity index (χ0v) is 15.4. The highest BCUT2D eigenvalue weighted by Crippen LogP contribution is 2.63. The van der Waals surface area contributed by atoms with Crippen molar-refractivity contribution in [1.29, 1.82) is 0 Å². The van der Waals surface area contributed by atoms with Crippen LogP contribution in [0.25, 0.3) is 10.4 Å². The van der Waals surface area contributed by atoms with E-state index in [4.69, 9.17) is 4.52 Å². The molecule has 1 aromatic heterocycles. The van der Waals surface area contributed by atoms with Crippen LogP contribution in [0.5, 0.6) is 0 Å². The first-order chi connectivity index (χ1) is 12.0. The van der Waals surface area contributed by atoms with Crippen LogP contribution >= 0.6 is 19.0 Å². The van der Waals surface area contributed by atoms with Gasteiger partial charge >= 0.3 is 7.67 Å². The van der Waals surface area contributed by atoms with E-state index in [1.165, 1.54) is 17.4 Å². The average Bonchev–Trinajstić information content (AvgIpc) is 3.51. The Bertz CT molecular complexity index is 833. The molecule has 0 radical (unpaired) electrons. The number of nitro groups is 1. The molecule has 1 unspecified atom stereocenters. The van der Waals surface area contributed by atoms with Crippen molar-refractivity contribution in [3.05, 3.63) is 51.4 Å². The minimum atomic E-state index is -2.93. The normalized spacial score (nSPS) is 18.9. The van der Waals surface area contributed by atoms with E-state index in [2.05, 4.69) is 0 Å². The van der Waals surface area contributed by atoms with Gasteiger partial charge in [0, 0.05) is 37.1 Å². The molecule has 2 saturated heterocycles. The lowest BCUT2D eigenvalue weighted by molar-refractivity contribution is -0.384. The molecular formula is C16H18N3O4PS. The second kappa shape index (κ2) is 6.30. The maximum Gasteiger partial charge on any atom is 0.346 e.